The largest absolute Gasteiger partial charge is 0.365 e. The lowest BCUT2D eigenvalue weighted by Gasteiger charge is -2.29. The summed E-state index contributed by atoms with van der Waals surface area (Å²) in [6.07, 6.45) is 3.99. The summed E-state index contributed by atoms with van der Waals surface area (Å²) in [7, 11) is 0. The van der Waals surface area contributed by atoms with Crippen LogP contribution in [0.25, 0.3) is 10.2 Å². The summed E-state index contributed by atoms with van der Waals surface area (Å²) < 4.78 is 0. The van der Waals surface area contributed by atoms with Gasteiger partial charge in [-0.3, -0.25) is 19.7 Å². The van der Waals surface area contributed by atoms with E-state index >= 15 is 0 Å². The van der Waals surface area contributed by atoms with Gasteiger partial charge in [-0.05, 0) is 55.4 Å². The minimum absolute atomic E-state index is 0.155. The third kappa shape index (κ3) is 3.38. The number of carbonyl (C=O) groups excluding carboxylic acids is 3. The molecule has 33 heavy (non-hydrogen) atoms. The zero-order valence-electron chi connectivity index (χ0n) is 18.2. The number of aryl methyl sites for hydroxylation is 3. The molecule has 2 aliphatic heterocycles. The number of hydrogen-bond acceptors (Lipinski definition) is 7. The minimum Gasteiger partial charge on any atom is -0.365 e. The van der Waals surface area contributed by atoms with E-state index in [0.29, 0.717) is 25.1 Å². The number of nitrogens with zero attached hydrogens (tertiary/aromatic N) is 3. The van der Waals surface area contributed by atoms with E-state index in [-0.39, 0.29) is 24.1 Å². The van der Waals surface area contributed by atoms with Crippen LogP contribution in [0.15, 0.2) is 18.2 Å². The first-order valence-corrected chi connectivity index (χ1v) is 12.1. The first-order valence-electron chi connectivity index (χ1n) is 11.3. The van der Waals surface area contributed by atoms with Crippen molar-refractivity contribution < 1.29 is 14.4 Å². The van der Waals surface area contributed by atoms with Crippen molar-refractivity contribution in [2.24, 2.45) is 0 Å². The molecule has 168 valence electrons. The van der Waals surface area contributed by atoms with Crippen LogP contribution in [0.1, 0.15) is 57.0 Å². The standard InChI is InChI=1S/C24H23N5O3S/c1-12-26-21(20-15-3-2-4-18(15)33-23(20)27-12)25-10-13-5-6-14-11-29(24(32)16(14)9-13)17-7-8-19(30)28-22(17)31/h5-6,9,17H,2-4,7-8,10-11H2,1H3,(H,25,26,27)(H,28,30,31). The van der Waals surface area contributed by atoms with Crippen LogP contribution in [-0.2, 0) is 35.5 Å². The van der Waals surface area contributed by atoms with Crippen molar-refractivity contribution in [1.29, 1.82) is 0 Å². The van der Waals surface area contributed by atoms with Gasteiger partial charge in [-0.25, -0.2) is 9.97 Å². The molecule has 0 radical (unpaired) electrons. The zero-order valence-corrected chi connectivity index (χ0v) is 19.1. The normalized spacial score (nSPS) is 19.7. The molecule has 8 nitrogen and oxygen atoms in total. The summed E-state index contributed by atoms with van der Waals surface area (Å²) in [4.78, 5) is 50.2. The maximum Gasteiger partial charge on any atom is 0.255 e. The van der Waals surface area contributed by atoms with E-state index < -0.39 is 6.04 Å². The highest BCUT2D eigenvalue weighted by Crippen LogP contribution is 2.39. The summed E-state index contributed by atoms with van der Waals surface area (Å²) in [5.41, 5.74) is 3.88. The van der Waals surface area contributed by atoms with Gasteiger partial charge >= 0.3 is 0 Å². The summed E-state index contributed by atoms with van der Waals surface area (Å²) in [6.45, 7) is 2.84. The van der Waals surface area contributed by atoms with Gasteiger partial charge in [0.05, 0.1) is 5.39 Å². The maximum atomic E-state index is 13.1. The molecule has 3 amide bonds. The fourth-order valence-electron chi connectivity index (χ4n) is 5.13. The van der Waals surface area contributed by atoms with Crippen molar-refractivity contribution in [2.45, 2.75) is 58.2 Å². The quantitative estimate of drug-likeness (QED) is 0.579. The third-order valence-electron chi connectivity index (χ3n) is 6.73. The first-order chi connectivity index (χ1) is 16.0. The molecule has 1 saturated heterocycles. The Morgan fingerprint density at radius 1 is 1.18 bits per heavy atom. The van der Waals surface area contributed by atoms with Crippen molar-refractivity contribution in [3.05, 3.63) is 51.2 Å². The van der Waals surface area contributed by atoms with Crippen molar-refractivity contribution in [3.63, 3.8) is 0 Å². The third-order valence-corrected chi connectivity index (χ3v) is 7.91. The second-order valence-electron chi connectivity index (χ2n) is 8.90. The van der Waals surface area contributed by atoms with Crippen LogP contribution in [0, 0.1) is 6.92 Å². The number of amides is 3. The van der Waals surface area contributed by atoms with Gasteiger partial charge in [0.2, 0.25) is 11.8 Å². The van der Waals surface area contributed by atoms with Gasteiger partial charge in [-0.15, -0.1) is 11.3 Å². The zero-order chi connectivity index (χ0) is 22.7. The van der Waals surface area contributed by atoms with Gasteiger partial charge in [0, 0.05) is 30.0 Å². The Labute approximate surface area is 194 Å². The maximum absolute atomic E-state index is 13.1. The number of imide groups is 1. The Bertz CT molecular complexity index is 1350. The average Bonchev–Trinajstić information content (AvgIpc) is 3.45. The summed E-state index contributed by atoms with van der Waals surface area (Å²) >= 11 is 1.77. The summed E-state index contributed by atoms with van der Waals surface area (Å²) in [5, 5.41) is 6.97. The van der Waals surface area contributed by atoms with E-state index in [4.69, 9.17) is 0 Å². The molecule has 1 aliphatic carbocycles. The topological polar surface area (TPSA) is 104 Å². The molecule has 6 rings (SSSR count). The first kappa shape index (κ1) is 20.3. The van der Waals surface area contributed by atoms with Crippen LogP contribution in [0.2, 0.25) is 0 Å². The Morgan fingerprint density at radius 2 is 2.06 bits per heavy atom. The predicted octanol–water partition coefficient (Wildman–Crippen LogP) is 2.86. The lowest BCUT2D eigenvalue weighted by Crippen LogP contribution is -2.52. The van der Waals surface area contributed by atoms with Crippen LogP contribution in [0.5, 0.6) is 0 Å². The molecule has 1 unspecified atom stereocenters. The molecular formula is C24H23N5O3S. The highest BCUT2D eigenvalue weighted by molar-refractivity contribution is 7.19. The highest BCUT2D eigenvalue weighted by Gasteiger charge is 2.39. The lowest BCUT2D eigenvalue weighted by atomic mass is 10.0. The van der Waals surface area contributed by atoms with Crippen LogP contribution >= 0.6 is 11.3 Å². The van der Waals surface area contributed by atoms with Crippen molar-refractivity contribution in [2.75, 3.05) is 5.32 Å². The van der Waals surface area contributed by atoms with Crippen LogP contribution < -0.4 is 10.6 Å². The average molecular weight is 462 g/mol. The smallest absolute Gasteiger partial charge is 0.255 e. The van der Waals surface area contributed by atoms with Crippen LogP contribution in [-0.4, -0.2) is 38.6 Å². The van der Waals surface area contributed by atoms with Gasteiger partial charge in [0.1, 0.15) is 22.5 Å². The van der Waals surface area contributed by atoms with E-state index in [9.17, 15) is 14.4 Å². The molecule has 2 aromatic heterocycles. The molecule has 0 spiro atoms. The number of nitrogens with one attached hydrogen (secondary N) is 2. The Hall–Kier alpha value is -3.33. The van der Waals surface area contributed by atoms with Gasteiger partial charge in [-0.2, -0.15) is 0 Å². The van der Waals surface area contributed by atoms with E-state index in [1.54, 1.807) is 16.2 Å². The number of benzene rings is 1. The van der Waals surface area contributed by atoms with Gasteiger partial charge in [0.25, 0.3) is 5.91 Å². The number of rotatable bonds is 4. The molecule has 3 aromatic rings. The Balaban J connectivity index is 1.23. The second-order valence-corrected chi connectivity index (χ2v) is 9.99. The number of thiophene rings is 1. The molecule has 2 N–H and O–H groups in total. The van der Waals surface area contributed by atoms with E-state index in [1.165, 1.54) is 16.9 Å². The van der Waals surface area contributed by atoms with Crippen LogP contribution in [0.4, 0.5) is 5.82 Å². The van der Waals surface area contributed by atoms with E-state index in [1.807, 2.05) is 25.1 Å². The van der Waals surface area contributed by atoms with Crippen molar-refractivity contribution in [3.8, 4) is 0 Å². The number of piperidine rings is 1. The minimum atomic E-state index is -0.595. The molecule has 1 aromatic carbocycles. The predicted molar refractivity (Wildman–Crippen MR) is 124 cm³/mol. The van der Waals surface area contributed by atoms with Gasteiger partial charge in [-0.1, -0.05) is 12.1 Å². The number of anilines is 1. The fraction of sp³-hybridized carbons (Fsp3) is 0.375. The van der Waals surface area contributed by atoms with Crippen LogP contribution in [0.3, 0.4) is 0 Å². The van der Waals surface area contributed by atoms with E-state index in [0.717, 1.165) is 45.8 Å². The number of carbonyl (C=O) groups is 3. The molecule has 0 bridgehead atoms. The molecule has 9 heteroatoms. The second kappa shape index (κ2) is 7.62. The summed E-state index contributed by atoms with van der Waals surface area (Å²) in [6, 6.07) is 5.28. The molecule has 4 heterocycles. The fourth-order valence-corrected chi connectivity index (χ4v) is 6.43. The SMILES string of the molecule is Cc1nc(NCc2ccc3c(c2)C(=O)N(C2CCC(=O)NC2=O)C3)c2c3c(sc2n1)CCC3. The number of aromatic nitrogens is 2. The van der Waals surface area contributed by atoms with Gasteiger partial charge < -0.3 is 10.2 Å². The molecule has 0 saturated carbocycles. The highest BCUT2D eigenvalue weighted by atomic mass is 32.1. The Kier molecular flexibility index (Phi) is 4.69. The molecular weight excluding hydrogens is 438 g/mol. The van der Waals surface area contributed by atoms with E-state index in [2.05, 4.69) is 20.6 Å². The number of fused-ring (bicyclic) bond motifs is 4. The molecule has 1 fully saturated rings. The molecule has 3 aliphatic rings. The Morgan fingerprint density at radius 3 is 2.91 bits per heavy atom. The van der Waals surface area contributed by atoms with Gasteiger partial charge in [0.15, 0.2) is 0 Å². The lowest BCUT2D eigenvalue weighted by molar-refractivity contribution is -0.136. The van der Waals surface area contributed by atoms with Crippen molar-refractivity contribution in [1.82, 2.24) is 20.2 Å². The molecule has 1 atom stereocenters. The van der Waals surface area contributed by atoms with Crippen molar-refractivity contribution >= 4 is 45.1 Å². The summed E-state index contributed by atoms with van der Waals surface area (Å²) in [5.74, 6) is 0.778. The number of hydrogen-bond donors (Lipinski definition) is 2. The monoisotopic (exact) mass is 461 g/mol.